The van der Waals surface area contributed by atoms with Crippen LogP contribution in [0, 0.1) is 0 Å². The summed E-state index contributed by atoms with van der Waals surface area (Å²) in [4.78, 5) is 0. The summed E-state index contributed by atoms with van der Waals surface area (Å²) in [5, 5.41) is 2.17. The number of para-hydroxylation sites is 2. The summed E-state index contributed by atoms with van der Waals surface area (Å²) in [5.74, 6) is 1.57. The van der Waals surface area contributed by atoms with E-state index in [0.717, 1.165) is 31.2 Å². The predicted octanol–water partition coefficient (Wildman–Crippen LogP) is 0.284. The summed E-state index contributed by atoms with van der Waals surface area (Å²) >= 11 is 0. The quantitative estimate of drug-likeness (QED) is 0.648. The van der Waals surface area contributed by atoms with Gasteiger partial charge in [-0.25, -0.2) is 0 Å². The minimum Gasteiger partial charge on any atom is -0.493 e. The lowest BCUT2D eigenvalue weighted by molar-refractivity contribution is -0.656. The minimum atomic E-state index is 0.671. The van der Waals surface area contributed by atoms with Crippen molar-refractivity contribution in [3.05, 3.63) is 24.3 Å². The maximum absolute atomic E-state index is 5.61. The topological polar surface area (TPSA) is 44.3 Å². The average molecular weight is 226 g/mol. The van der Waals surface area contributed by atoms with E-state index < -0.39 is 0 Å². The molecule has 0 amide bonds. The Kier molecular flexibility index (Phi) is 6.37. The molecule has 0 saturated carbocycles. The van der Waals surface area contributed by atoms with E-state index in [2.05, 4.69) is 5.32 Å². The Labute approximate surface area is 96.5 Å². The van der Waals surface area contributed by atoms with E-state index in [-0.39, 0.29) is 0 Å². The van der Waals surface area contributed by atoms with Crippen LogP contribution in [-0.4, -0.2) is 40.5 Å². The van der Waals surface area contributed by atoms with Crippen molar-refractivity contribution in [3.63, 3.8) is 0 Å². The van der Waals surface area contributed by atoms with E-state index in [4.69, 9.17) is 14.2 Å². The van der Waals surface area contributed by atoms with Gasteiger partial charge in [0, 0.05) is 7.11 Å². The van der Waals surface area contributed by atoms with Crippen LogP contribution in [0.4, 0.5) is 0 Å². The second-order valence-corrected chi connectivity index (χ2v) is 3.36. The van der Waals surface area contributed by atoms with Gasteiger partial charge < -0.3 is 19.5 Å². The van der Waals surface area contributed by atoms with Crippen LogP contribution in [-0.2, 0) is 4.74 Å². The van der Waals surface area contributed by atoms with Gasteiger partial charge in [0.15, 0.2) is 11.5 Å². The Morgan fingerprint density at radius 2 is 1.69 bits per heavy atom. The second-order valence-electron chi connectivity index (χ2n) is 3.36. The molecule has 0 aromatic heterocycles. The Morgan fingerprint density at radius 3 is 2.38 bits per heavy atom. The third-order valence-corrected chi connectivity index (χ3v) is 2.17. The van der Waals surface area contributed by atoms with E-state index in [1.54, 1.807) is 14.2 Å². The zero-order valence-corrected chi connectivity index (χ0v) is 9.94. The van der Waals surface area contributed by atoms with Crippen molar-refractivity contribution < 1.29 is 19.5 Å². The van der Waals surface area contributed by atoms with Gasteiger partial charge in [0.2, 0.25) is 0 Å². The molecule has 0 atom stereocenters. The molecule has 0 fully saturated rings. The fraction of sp³-hybridized carbons (Fsp3) is 0.500. The normalized spacial score (nSPS) is 10.1. The molecule has 0 radical (unpaired) electrons. The number of quaternary nitrogens is 1. The number of benzene rings is 1. The molecule has 0 heterocycles. The van der Waals surface area contributed by atoms with E-state index in [9.17, 15) is 0 Å². The SMILES string of the molecule is COCC[NH2+]CCOc1ccccc1OC. The number of hydrogen-bond acceptors (Lipinski definition) is 3. The van der Waals surface area contributed by atoms with Crippen molar-refractivity contribution in [2.75, 3.05) is 40.5 Å². The first kappa shape index (κ1) is 12.8. The van der Waals surface area contributed by atoms with Gasteiger partial charge in [0.25, 0.3) is 0 Å². The molecule has 2 N–H and O–H groups in total. The molecule has 0 unspecified atom stereocenters. The molecule has 0 aliphatic carbocycles. The first-order valence-corrected chi connectivity index (χ1v) is 5.45. The highest BCUT2D eigenvalue weighted by molar-refractivity contribution is 5.39. The molecule has 90 valence electrons. The second kappa shape index (κ2) is 7.96. The van der Waals surface area contributed by atoms with Crippen molar-refractivity contribution in [2.45, 2.75) is 0 Å². The smallest absolute Gasteiger partial charge is 0.161 e. The molecular weight excluding hydrogens is 206 g/mol. The fourth-order valence-electron chi connectivity index (χ4n) is 1.34. The molecule has 4 heteroatoms. The van der Waals surface area contributed by atoms with Gasteiger partial charge in [-0.2, -0.15) is 0 Å². The average Bonchev–Trinajstić information content (AvgIpc) is 2.34. The summed E-state index contributed by atoms with van der Waals surface area (Å²) in [5.41, 5.74) is 0. The van der Waals surface area contributed by atoms with Crippen molar-refractivity contribution in [1.82, 2.24) is 0 Å². The van der Waals surface area contributed by atoms with Gasteiger partial charge in [-0.1, -0.05) is 12.1 Å². The molecule has 0 aliphatic rings. The number of methoxy groups -OCH3 is 2. The molecule has 1 aromatic carbocycles. The molecule has 4 nitrogen and oxygen atoms in total. The van der Waals surface area contributed by atoms with Crippen LogP contribution in [0.5, 0.6) is 11.5 Å². The lowest BCUT2D eigenvalue weighted by Crippen LogP contribution is -2.86. The minimum absolute atomic E-state index is 0.671. The van der Waals surface area contributed by atoms with Gasteiger partial charge in [-0.05, 0) is 12.1 Å². The summed E-state index contributed by atoms with van der Waals surface area (Å²) in [7, 11) is 3.35. The third kappa shape index (κ3) is 4.51. The number of hydrogen-bond donors (Lipinski definition) is 1. The maximum atomic E-state index is 5.61. The Hall–Kier alpha value is -1.26. The van der Waals surface area contributed by atoms with Gasteiger partial charge >= 0.3 is 0 Å². The molecule has 1 rings (SSSR count). The summed E-state index contributed by atoms with van der Waals surface area (Å²) in [6.45, 7) is 3.33. The molecule has 0 saturated heterocycles. The van der Waals surface area contributed by atoms with Gasteiger partial charge in [0.05, 0.1) is 20.3 Å². The lowest BCUT2D eigenvalue weighted by atomic mass is 10.3. The Balaban J connectivity index is 2.21. The van der Waals surface area contributed by atoms with Crippen LogP contribution >= 0.6 is 0 Å². The van der Waals surface area contributed by atoms with E-state index >= 15 is 0 Å². The van der Waals surface area contributed by atoms with Crippen molar-refractivity contribution in [2.24, 2.45) is 0 Å². The summed E-state index contributed by atoms with van der Waals surface area (Å²) in [6, 6.07) is 7.67. The van der Waals surface area contributed by atoms with Crippen molar-refractivity contribution in [1.29, 1.82) is 0 Å². The van der Waals surface area contributed by atoms with Crippen LogP contribution in [0.1, 0.15) is 0 Å². The molecule has 16 heavy (non-hydrogen) atoms. The zero-order chi connectivity index (χ0) is 11.6. The molecule has 0 aliphatic heterocycles. The van der Waals surface area contributed by atoms with Crippen molar-refractivity contribution >= 4 is 0 Å². The first-order chi connectivity index (χ1) is 7.88. The Morgan fingerprint density at radius 1 is 1.00 bits per heavy atom. The largest absolute Gasteiger partial charge is 0.493 e. The van der Waals surface area contributed by atoms with Gasteiger partial charge in [-0.15, -0.1) is 0 Å². The summed E-state index contributed by atoms with van der Waals surface area (Å²) in [6.07, 6.45) is 0. The van der Waals surface area contributed by atoms with E-state index in [1.165, 1.54) is 0 Å². The van der Waals surface area contributed by atoms with Gasteiger partial charge in [-0.3, -0.25) is 0 Å². The van der Waals surface area contributed by atoms with E-state index in [0.29, 0.717) is 6.61 Å². The predicted molar refractivity (Wildman–Crippen MR) is 62.0 cm³/mol. The first-order valence-electron chi connectivity index (χ1n) is 5.45. The maximum Gasteiger partial charge on any atom is 0.161 e. The van der Waals surface area contributed by atoms with Crippen LogP contribution in [0.25, 0.3) is 0 Å². The fourth-order valence-corrected chi connectivity index (χ4v) is 1.34. The monoisotopic (exact) mass is 226 g/mol. The lowest BCUT2D eigenvalue weighted by Gasteiger charge is -2.09. The van der Waals surface area contributed by atoms with Crippen LogP contribution in [0.2, 0.25) is 0 Å². The molecule has 0 bridgehead atoms. The third-order valence-electron chi connectivity index (χ3n) is 2.17. The number of nitrogens with two attached hydrogens (primary N) is 1. The number of ether oxygens (including phenoxy) is 3. The van der Waals surface area contributed by atoms with E-state index in [1.807, 2.05) is 24.3 Å². The number of rotatable bonds is 8. The summed E-state index contributed by atoms with van der Waals surface area (Å²) < 4.78 is 15.7. The standard InChI is InChI=1S/C12H19NO3/c1-14-9-7-13-8-10-16-12-6-4-3-5-11(12)15-2/h3-6,13H,7-10H2,1-2H3/p+1. The molecule has 0 spiro atoms. The molecular formula is C12H20NO3+. The highest BCUT2D eigenvalue weighted by atomic mass is 16.5. The van der Waals surface area contributed by atoms with Gasteiger partial charge in [0.1, 0.15) is 13.2 Å². The van der Waals surface area contributed by atoms with Crippen molar-refractivity contribution in [3.8, 4) is 11.5 Å². The van der Waals surface area contributed by atoms with Crippen LogP contribution < -0.4 is 14.8 Å². The Bertz CT molecular complexity index is 291. The van der Waals surface area contributed by atoms with Crippen LogP contribution in [0.15, 0.2) is 24.3 Å². The highest BCUT2D eigenvalue weighted by Crippen LogP contribution is 2.25. The molecule has 1 aromatic rings. The highest BCUT2D eigenvalue weighted by Gasteiger charge is 2.01. The van der Waals surface area contributed by atoms with Crippen LogP contribution in [0.3, 0.4) is 0 Å². The zero-order valence-electron chi connectivity index (χ0n) is 9.94.